The summed E-state index contributed by atoms with van der Waals surface area (Å²) in [4.78, 5) is 0. The zero-order valence-electron chi connectivity index (χ0n) is 16.5. The molecule has 0 spiro atoms. The molecule has 160 valence electrons. The first kappa shape index (κ1) is 23.8. The highest BCUT2D eigenvalue weighted by molar-refractivity contribution is 8.13. The minimum absolute atomic E-state index is 0.0267. The van der Waals surface area contributed by atoms with Crippen molar-refractivity contribution in [3.63, 3.8) is 0 Å². The van der Waals surface area contributed by atoms with E-state index in [9.17, 15) is 16.8 Å². The Kier molecular flexibility index (Phi) is 8.25. The third-order valence-electron chi connectivity index (χ3n) is 4.67. The molecule has 6 nitrogen and oxygen atoms in total. The van der Waals surface area contributed by atoms with Crippen LogP contribution in [0.3, 0.4) is 0 Å². The van der Waals surface area contributed by atoms with E-state index >= 15 is 0 Å². The molecule has 0 bridgehead atoms. The summed E-state index contributed by atoms with van der Waals surface area (Å²) in [6.07, 6.45) is 6.24. The molecule has 0 saturated carbocycles. The second-order valence-corrected chi connectivity index (χ2v) is 12.0. The monoisotopic (exact) mass is 458 g/mol. The average Bonchev–Trinajstić information content (AvgIpc) is 3.18. The molecule has 2 aromatic rings. The number of hydrogen-bond acceptors (Lipinski definition) is 5. The van der Waals surface area contributed by atoms with Crippen LogP contribution in [0.4, 0.5) is 0 Å². The van der Waals surface area contributed by atoms with E-state index in [2.05, 4.69) is 45.7 Å². The third-order valence-corrected chi connectivity index (χ3v) is 5.38. The van der Waals surface area contributed by atoms with Crippen LogP contribution in [0, 0.1) is 0 Å². The Hall–Kier alpha value is -1.45. The lowest BCUT2D eigenvalue weighted by Gasteiger charge is -2.11. The molecule has 3 N–H and O–H groups in total. The Labute approximate surface area is 177 Å². The summed E-state index contributed by atoms with van der Waals surface area (Å²) in [6, 6.07) is 16.7. The molecule has 0 aliphatic heterocycles. The van der Waals surface area contributed by atoms with Gasteiger partial charge in [0.1, 0.15) is 0 Å². The van der Waals surface area contributed by atoms with E-state index < -0.39 is 19.1 Å². The first-order valence-electron chi connectivity index (χ1n) is 9.22. The van der Waals surface area contributed by atoms with Gasteiger partial charge in [-0.3, -0.25) is 0 Å². The first-order valence-corrected chi connectivity index (χ1v) is 13.8. The van der Waals surface area contributed by atoms with Crippen LogP contribution < -0.4 is 10.5 Å². The molecule has 9 heteroatoms. The largest absolute Gasteiger partial charge is 0.324 e. The van der Waals surface area contributed by atoms with Crippen molar-refractivity contribution in [1.82, 2.24) is 4.72 Å². The zero-order chi connectivity index (χ0) is 21.7. The SMILES string of the molecule is CS(=O)(=O)Cl.CS(=O)(=O)N[C@@H]1CCc2ccccc21.N[C@@H]1CCc2ccccc21. The summed E-state index contributed by atoms with van der Waals surface area (Å²) >= 11 is 0. The lowest BCUT2D eigenvalue weighted by atomic mass is 10.1. The molecule has 2 aliphatic rings. The van der Waals surface area contributed by atoms with Gasteiger partial charge in [0.25, 0.3) is 0 Å². The molecule has 0 unspecified atom stereocenters. The molecule has 0 heterocycles. The standard InChI is InChI=1S/C10H13NO2S.C9H11N.CH3ClO2S/c1-14(12,13)11-10-7-6-8-4-2-3-5-9(8)10;10-9-6-5-7-3-1-2-4-8(7)9;1-5(2,3)4/h2-5,10-11H,6-7H2,1H3;1-4,9H,5-6,10H2;1H3/t10-;9-;/m11./s1. The molecule has 4 rings (SSSR count). The minimum Gasteiger partial charge on any atom is -0.324 e. The van der Waals surface area contributed by atoms with Gasteiger partial charge in [0.2, 0.25) is 19.1 Å². The molecule has 29 heavy (non-hydrogen) atoms. The lowest BCUT2D eigenvalue weighted by molar-refractivity contribution is 0.560. The van der Waals surface area contributed by atoms with Gasteiger partial charge in [-0.25, -0.2) is 21.6 Å². The van der Waals surface area contributed by atoms with Gasteiger partial charge in [-0.1, -0.05) is 48.5 Å². The van der Waals surface area contributed by atoms with Gasteiger partial charge >= 0.3 is 0 Å². The summed E-state index contributed by atoms with van der Waals surface area (Å²) in [7, 11) is -1.79. The molecule has 0 aromatic heterocycles. The van der Waals surface area contributed by atoms with E-state index in [1.807, 2.05) is 18.2 Å². The van der Waals surface area contributed by atoms with Gasteiger partial charge in [-0.2, -0.15) is 0 Å². The Balaban J connectivity index is 0.000000175. The normalized spacial score (nSPS) is 19.9. The summed E-state index contributed by atoms with van der Waals surface area (Å²) in [6.45, 7) is 0. The van der Waals surface area contributed by atoms with Crippen molar-refractivity contribution in [2.75, 3.05) is 12.5 Å². The number of nitrogens with two attached hydrogens (primary N) is 1. The molecular weight excluding hydrogens is 432 g/mol. The van der Waals surface area contributed by atoms with Gasteiger partial charge in [-0.15, -0.1) is 0 Å². The number of halogens is 1. The highest BCUT2D eigenvalue weighted by Crippen LogP contribution is 2.31. The van der Waals surface area contributed by atoms with Crippen molar-refractivity contribution < 1.29 is 16.8 Å². The van der Waals surface area contributed by atoms with Crippen LogP contribution >= 0.6 is 10.7 Å². The van der Waals surface area contributed by atoms with Crippen molar-refractivity contribution in [2.45, 2.75) is 37.8 Å². The van der Waals surface area contributed by atoms with E-state index in [0.29, 0.717) is 6.04 Å². The number of benzene rings is 2. The van der Waals surface area contributed by atoms with E-state index in [4.69, 9.17) is 5.73 Å². The zero-order valence-corrected chi connectivity index (χ0v) is 18.9. The highest BCUT2D eigenvalue weighted by atomic mass is 35.7. The predicted octanol–water partition coefficient (Wildman–Crippen LogP) is 3.04. The fourth-order valence-electron chi connectivity index (χ4n) is 3.53. The van der Waals surface area contributed by atoms with Gasteiger partial charge < -0.3 is 5.73 Å². The molecule has 0 radical (unpaired) electrons. The van der Waals surface area contributed by atoms with Crippen molar-refractivity contribution in [1.29, 1.82) is 0 Å². The summed E-state index contributed by atoms with van der Waals surface area (Å²) in [5, 5.41) is 0. The number of sulfonamides is 1. The van der Waals surface area contributed by atoms with E-state index in [1.54, 1.807) is 0 Å². The third kappa shape index (κ3) is 8.44. The van der Waals surface area contributed by atoms with Crippen LogP contribution in [0.25, 0.3) is 0 Å². The van der Waals surface area contributed by atoms with Crippen molar-refractivity contribution in [3.8, 4) is 0 Å². The topological polar surface area (TPSA) is 106 Å². The van der Waals surface area contributed by atoms with Gasteiger partial charge in [-0.05, 0) is 47.9 Å². The maximum Gasteiger partial charge on any atom is 0.229 e. The van der Waals surface area contributed by atoms with Gasteiger partial charge in [0.05, 0.1) is 12.5 Å². The predicted molar refractivity (Wildman–Crippen MR) is 118 cm³/mol. The van der Waals surface area contributed by atoms with Crippen LogP contribution in [0.2, 0.25) is 0 Å². The summed E-state index contributed by atoms with van der Waals surface area (Å²) in [5.41, 5.74) is 11.0. The smallest absolute Gasteiger partial charge is 0.229 e. The Bertz CT molecular complexity index is 1030. The molecule has 0 amide bonds. The van der Waals surface area contributed by atoms with E-state index in [0.717, 1.165) is 37.5 Å². The van der Waals surface area contributed by atoms with Crippen LogP contribution in [0.5, 0.6) is 0 Å². The first-order chi connectivity index (χ1) is 13.4. The fraction of sp³-hybridized carbons (Fsp3) is 0.400. The number of nitrogens with one attached hydrogen (secondary N) is 1. The molecular formula is C20H27ClN2O4S2. The quantitative estimate of drug-likeness (QED) is 0.672. The Morgan fingerprint density at radius 3 is 1.83 bits per heavy atom. The number of rotatable bonds is 2. The van der Waals surface area contributed by atoms with Crippen molar-refractivity contribution >= 4 is 29.8 Å². The summed E-state index contributed by atoms with van der Waals surface area (Å²) < 4.78 is 43.6. The van der Waals surface area contributed by atoms with Gasteiger partial charge in [0, 0.05) is 22.8 Å². The number of aryl methyl sites for hydroxylation is 2. The Morgan fingerprint density at radius 2 is 1.31 bits per heavy atom. The fourth-order valence-corrected chi connectivity index (χ4v) is 4.29. The lowest BCUT2D eigenvalue weighted by Crippen LogP contribution is -2.25. The van der Waals surface area contributed by atoms with Crippen LogP contribution in [0.15, 0.2) is 48.5 Å². The van der Waals surface area contributed by atoms with E-state index in [1.165, 1.54) is 22.9 Å². The Morgan fingerprint density at radius 1 is 0.862 bits per heavy atom. The number of hydrogen-bond donors (Lipinski definition) is 2. The number of fused-ring (bicyclic) bond motifs is 2. The second-order valence-electron chi connectivity index (χ2n) is 7.21. The molecule has 2 aliphatic carbocycles. The minimum atomic E-state index is -3.19. The van der Waals surface area contributed by atoms with Crippen molar-refractivity contribution in [3.05, 3.63) is 70.8 Å². The average molecular weight is 459 g/mol. The molecule has 0 fully saturated rings. The molecule has 2 aromatic carbocycles. The van der Waals surface area contributed by atoms with Crippen LogP contribution in [-0.4, -0.2) is 29.3 Å². The maximum absolute atomic E-state index is 11.1. The molecule has 0 saturated heterocycles. The molecule has 2 atom stereocenters. The van der Waals surface area contributed by atoms with Crippen LogP contribution in [0.1, 0.15) is 47.2 Å². The maximum atomic E-state index is 11.1. The van der Waals surface area contributed by atoms with Crippen LogP contribution in [-0.2, 0) is 31.9 Å². The highest BCUT2D eigenvalue weighted by Gasteiger charge is 2.24. The second kappa shape index (κ2) is 10.0. The summed E-state index contributed by atoms with van der Waals surface area (Å²) in [5.74, 6) is 0. The van der Waals surface area contributed by atoms with Gasteiger partial charge in [0.15, 0.2) is 0 Å². The van der Waals surface area contributed by atoms with E-state index in [-0.39, 0.29) is 6.04 Å². The van der Waals surface area contributed by atoms with Crippen molar-refractivity contribution in [2.24, 2.45) is 5.73 Å².